The van der Waals surface area contributed by atoms with E-state index in [9.17, 15) is 9.59 Å². The lowest BCUT2D eigenvalue weighted by molar-refractivity contribution is -0.134. The fourth-order valence-corrected chi connectivity index (χ4v) is 3.97. The van der Waals surface area contributed by atoms with Crippen molar-refractivity contribution in [2.45, 2.75) is 25.1 Å². The Labute approximate surface area is 244 Å². The predicted molar refractivity (Wildman–Crippen MR) is 158 cm³/mol. The second-order valence-corrected chi connectivity index (χ2v) is 9.98. The molecule has 0 radical (unpaired) electrons. The first-order valence-corrected chi connectivity index (χ1v) is 14.1. The maximum atomic E-state index is 12.6. The maximum Gasteiger partial charge on any atom is 0.343 e. The first kappa shape index (κ1) is 31.1. The molecule has 0 amide bonds. The van der Waals surface area contributed by atoms with Crippen molar-refractivity contribution in [2.75, 3.05) is 33.0 Å². The molecule has 212 valence electrons. The van der Waals surface area contributed by atoms with Crippen LogP contribution in [0.5, 0.6) is 17.2 Å². The Morgan fingerprint density at radius 2 is 1.30 bits per heavy atom. The van der Waals surface area contributed by atoms with E-state index in [1.807, 2.05) is 38.1 Å². The predicted octanol–water partition coefficient (Wildman–Crippen LogP) is 6.89. The second kappa shape index (κ2) is 16.6. The van der Waals surface area contributed by atoms with Gasteiger partial charge in [0.25, 0.3) is 0 Å². The number of alkyl halides is 1. The maximum absolute atomic E-state index is 12.6. The third-order valence-electron chi connectivity index (χ3n) is 6.03. The summed E-state index contributed by atoms with van der Waals surface area (Å²) in [6.07, 6.45) is 2.57. The van der Waals surface area contributed by atoms with Crippen molar-refractivity contribution in [2.24, 2.45) is 5.92 Å². The number of esters is 2. The molecule has 7 nitrogen and oxygen atoms in total. The largest absolute Gasteiger partial charge is 0.491 e. The molecule has 8 heteroatoms. The number of benzene rings is 3. The van der Waals surface area contributed by atoms with E-state index in [0.717, 1.165) is 17.5 Å². The number of carbonyl (C=O) groups excluding carboxylic acids is 2. The molecule has 0 saturated heterocycles. The highest BCUT2D eigenvalue weighted by atomic mass is 79.9. The molecular weight excluding hydrogens is 576 g/mol. The minimum atomic E-state index is -0.462. The summed E-state index contributed by atoms with van der Waals surface area (Å²) in [6, 6.07) is 21.2. The quantitative estimate of drug-likeness (QED) is 0.0574. The van der Waals surface area contributed by atoms with Crippen molar-refractivity contribution in [1.82, 2.24) is 0 Å². The summed E-state index contributed by atoms with van der Waals surface area (Å²) < 4.78 is 27.3. The zero-order chi connectivity index (χ0) is 28.7. The Hall–Kier alpha value is -3.46. The van der Waals surface area contributed by atoms with Gasteiger partial charge < -0.3 is 23.7 Å². The highest BCUT2D eigenvalue weighted by Crippen LogP contribution is 2.26. The van der Waals surface area contributed by atoms with Crippen LogP contribution in [0.25, 0.3) is 11.1 Å². The monoisotopic (exact) mass is 610 g/mol. The van der Waals surface area contributed by atoms with Crippen LogP contribution in [0.1, 0.15) is 30.6 Å². The molecule has 0 aliphatic carbocycles. The van der Waals surface area contributed by atoms with Gasteiger partial charge in [0.05, 0.1) is 32.0 Å². The van der Waals surface area contributed by atoms with Crippen LogP contribution in [0.15, 0.2) is 85.5 Å². The molecule has 40 heavy (non-hydrogen) atoms. The van der Waals surface area contributed by atoms with Crippen molar-refractivity contribution < 1.29 is 33.3 Å². The normalized spacial score (nSPS) is 12.3. The summed E-state index contributed by atoms with van der Waals surface area (Å²) >= 11 is 3.41. The Morgan fingerprint density at radius 1 is 0.775 bits per heavy atom. The average molecular weight is 612 g/mol. The van der Waals surface area contributed by atoms with Crippen LogP contribution in [0.3, 0.4) is 0 Å². The molecule has 0 saturated carbocycles. The second-order valence-electron chi connectivity index (χ2n) is 9.00. The van der Waals surface area contributed by atoms with Crippen molar-refractivity contribution in [1.29, 1.82) is 0 Å². The molecule has 3 aromatic rings. The molecule has 2 atom stereocenters. The summed E-state index contributed by atoms with van der Waals surface area (Å²) in [5, 5.41) is 0. The summed E-state index contributed by atoms with van der Waals surface area (Å²) in [5.41, 5.74) is 2.29. The van der Waals surface area contributed by atoms with Gasteiger partial charge in [0, 0.05) is 0 Å². The van der Waals surface area contributed by atoms with Crippen LogP contribution in [-0.2, 0) is 14.3 Å². The van der Waals surface area contributed by atoms with Gasteiger partial charge in [0.15, 0.2) is 0 Å². The Kier molecular flexibility index (Phi) is 12.9. The Balaban J connectivity index is 1.45. The van der Waals surface area contributed by atoms with Gasteiger partial charge in [0.2, 0.25) is 0 Å². The highest BCUT2D eigenvalue weighted by Gasteiger charge is 2.22. The van der Waals surface area contributed by atoms with Gasteiger partial charge in [-0.3, -0.25) is 4.79 Å². The zero-order valence-corrected chi connectivity index (χ0v) is 24.4. The zero-order valence-electron chi connectivity index (χ0n) is 22.8. The lowest BCUT2D eigenvalue weighted by Crippen LogP contribution is -2.26. The Bertz CT molecular complexity index is 1210. The summed E-state index contributed by atoms with van der Waals surface area (Å²) in [7, 11) is 0. The van der Waals surface area contributed by atoms with E-state index in [1.165, 1.54) is 0 Å². The van der Waals surface area contributed by atoms with E-state index in [2.05, 4.69) is 22.5 Å². The standard InChI is InChI=1S/C32H35BrO7/c1-4-18-36-19-20-37-21-22-38-27-12-10-26(11-13-27)31(34)39-28-14-6-24(7-15-28)25-8-16-29(17-9-25)40-32(35)30(33)23(3)5-2/h4,6-17,23,30H,1,5,18-22H2,2-3H3/t23-,30-/m0/s1. The number of halogens is 1. The van der Waals surface area contributed by atoms with Crippen molar-refractivity contribution in [3.63, 3.8) is 0 Å². The number of rotatable bonds is 16. The third kappa shape index (κ3) is 9.93. The SMILES string of the molecule is C=CCOCCOCCOc1ccc(C(=O)Oc2ccc(-c3ccc(OC(=O)[C@@H](Br)[C@@H](C)CC)cc3)cc2)cc1. The van der Waals surface area contributed by atoms with E-state index < -0.39 is 5.97 Å². The number of carbonyl (C=O) groups is 2. The molecule has 0 N–H and O–H groups in total. The molecule has 0 aliphatic rings. The minimum Gasteiger partial charge on any atom is -0.491 e. The molecule has 3 aromatic carbocycles. The molecule has 0 bridgehead atoms. The van der Waals surface area contributed by atoms with Gasteiger partial charge in [-0.2, -0.15) is 0 Å². The molecule has 0 spiro atoms. The molecule has 0 heterocycles. The lowest BCUT2D eigenvalue weighted by atomic mass is 10.1. The fourth-order valence-electron chi connectivity index (χ4n) is 3.50. The summed E-state index contributed by atoms with van der Waals surface area (Å²) in [6.45, 7) is 9.94. The van der Waals surface area contributed by atoms with Crippen LogP contribution in [0, 0.1) is 5.92 Å². The third-order valence-corrected chi connectivity index (χ3v) is 7.31. The summed E-state index contributed by atoms with van der Waals surface area (Å²) in [5.74, 6) is 0.972. The fraction of sp³-hybridized carbons (Fsp3) is 0.312. The van der Waals surface area contributed by atoms with Crippen LogP contribution in [-0.4, -0.2) is 49.8 Å². The first-order valence-electron chi connectivity index (χ1n) is 13.2. The van der Waals surface area contributed by atoms with Gasteiger partial charge in [-0.05, 0) is 65.6 Å². The van der Waals surface area contributed by atoms with Crippen molar-refractivity contribution in [3.8, 4) is 28.4 Å². The number of hydrogen-bond donors (Lipinski definition) is 0. The highest BCUT2D eigenvalue weighted by molar-refractivity contribution is 9.10. The number of ether oxygens (including phenoxy) is 5. The van der Waals surface area contributed by atoms with Crippen LogP contribution in [0.2, 0.25) is 0 Å². The average Bonchev–Trinajstić information content (AvgIpc) is 2.98. The topological polar surface area (TPSA) is 80.3 Å². The van der Waals surface area contributed by atoms with Gasteiger partial charge in [0.1, 0.15) is 28.7 Å². The van der Waals surface area contributed by atoms with Crippen LogP contribution in [0.4, 0.5) is 0 Å². The van der Waals surface area contributed by atoms with E-state index in [-0.39, 0.29) is 16.7 Å². The van der Waals surface area contributed by atoms with E-state index in [0.29, 0.717) is 55.8 Å². The van der Waals surface area contributed by atoms with Crippen molar-refractivity contribution >= 4 is 27.9 Å². The molecule has 0 aromatic heterocycles. The molecule has 0 aliphatic heterocycles. The van der Waals surface area contributed by atoms with Crippen LogP contribution >= 0.6 is 15.9 Å². The Morgan fingerprint density at radius 3 is 1.88 bits per heavy atom. The van der Waals surface area contributed by atoms with Crippen LogP contribution < -0.4 is 14.2 Å². The first-order chi connectivity index (χ1) is 19.4. The molecule has 0 unspecified atom stereocenters. The van der Waals surface area contributed by atoms with E-state index >= 15 is 0 Å². The smallest absolute Gasteiger partial charge is 0.343 e. The van der Waals surface area contributed by atoms with Crippen molar-refractivity contribution in [3.05, 3.63) is 91.0 Å². The number of hydrogen-bond acceptors (Lipinski definition) is 7. The molecule has 3 rings (SSSR count). The van der Waals surface area contributed by atoms with E-state index in [1.54, 1.807) is 54.6 Å². The van der Waals surface area contributed by atoms with E-state index in [4.69, 9.17) is 23.7 Å². The van der Waals surface area contributed by atoms with Gasteiger partial charge in [-0.25, -0.2) is 4.79 Å². The molecule has 0 fully saturated rings. The minimum absolute atomic E-state index is 0.183. The summed E-state index contributed by atoms with van der Waals surface area (Å²) in [4.78, 5) is 24.5. The molecular formula is C32H35BrO7. The lowest BCUT2D eigenvalue weighted by Gasteiger charge is -2.15. The van der Waals surface area contributed by atoms with Gasteiger partial charge >= 0.3 is 11.9 Å². The van der Waals surface area contributed by atoms with Gasteiger partial charge in [-0.15, -0.1) is 6.58 Å². The van der Waals surface area contributed by atoms with Gasteiger partial charge in [-0.1, -0.05) is 66.5 Å².